The van der Waals surface area contributed by atoms with Gasteiger partial charge in [-0.15, -0.1) is 0 Å². The van der Waals surface area contributed by atoms with Crippen molar-refractivity contribution in [1.82, 2.24) is 9.80 Å². The Morgan fingerprint density at radius 1 is 0.703 bits per heavy atom. The van der Waals surface area contributed by atoms with Crippen LogP contribution >= 0.6 is 0 Å². The molecule has 2 aromatic carbocycles. The first-order valence-electron chi connectivity index (χ1n) is 12.3. The molecule has 0 aliphatic heterocycles. The summed E-state index contributed by atoms with van der Waals surface area (Å²) >= 11 is 0. The summed E-state index contributed by atoms with van der Waals surface area (Å²) < 4.78 is 0. The van der Waals surface area contributed by atoms with Crippen LogP contribution in [0.1, 0.15) is 48.4 Å². The third-order valence-corrected chi connectivity index (χ3v) is 5.97. The molecule has 0 aromatic heterocycles. The maximum atomic E-state index is 11.5. The lowest BCUT2D eigenvalue weighted by atomic mass is 10.0. The van der Waals surface area contributed by atoms with Crippen LogP contribution in [0.5, 0.6) is 11.5 Å². The average molecular weight is 517 g/mol. The molecule has 0 aliphatic carbocycles. The Hall–Kier alpha value is -3.63. The largest absolute Gasteiger partial charge is 0.508 e. The van der Waals surface area contributed by atoms with Gasteiger partial charge in [-0.3, -0.25) is 24.2 Å². The summed E-state index contributed by atoms with van der Waals surface area (Å²) in [5.74, 6) is -3.03. The molecule has 37 heavy (non-hydrogen) atoms. The van der Waals surface area contributed by atoms with Gasteiger partial charge in [0, 0.05) is 43.7 Å². The van der Waals surface area contributed by atoms with E-state index in [1.165, 1.54) is 6.07 Å². The number of hydrogen-bond donors (Lipinski definition) is 5. The number of phenols is 2. The van der Waals surface area contributed by atoms with Crippen LogP contribution < -0.4 is 0 Å². The van der Waals surface area contributed by atoms with Crippen LogP contribution in [-0.4, -0.2) is 79.4 Å². The summed E-state index contributed by atoms with van der Waals surface area (Å²) in [4.78, 5) is 37.1. The molecule has 0 heterocycles. The van der Waals surface area contributed by atoms with Crippen molar-refractivity contribution in [1.29, 1.82) is 0 Å². The topological polar surface area (TPSA) is 159 Å². The molecule has 0 saturated carbocycles. The molecule has 0 unspecified atom stereocenters. The van der Waals surface area contributed by atoms with Crippen molar-refractivity contribution in [3.8, 4) is 11.5 Å². The van der Waals surface area contributed by atoms with Crippen LogP contribution in [0.15, 0.2) is 36.4 Å². The summed E-state index contributed by atoms with van der Waals surface area (Å²) in [6.45, 7) is 2.11. The number of rotatable bonds is 17. The first kappa shape index (κ1) is 29.6. The summed E-state index contributed by atoms with van der Waals surface area (Å²) in [7, 11) is 0. The fraction of sp³-hybridized carbons (Fsp3) is 0.444. The lowest BCUT2D eigenvalue weighted by molar-refractivity contribution is -0.140. The highest BCUT2D eigenvalue weighted by atomic mass is 16.4. The van der Waals surface area contributed by atoms with E-state index in [1.807, 2.05) is 12.1 Å². The van der Waals surface area contributed by atoms with Crippen molar-refractivity contribution in [2.45, 2.75) is 52.1 Å². The predicted octanol–water partition coefficient (Wildman–Crippen LogP) is 2.93. The SMILES string of the molecule is CCCCc1ccc(O)c(CN(CCN(CC(=O)O)Cc2cc(CCC(=O)O)ccc2O)CC(=O)O)c1. The molecule has 202 valence electrons. The number of benzene rings is 2. The number of aromatic hydroxyl groups is 2. The molecule has 10 nitrogen and oxygen atoms in total. The van der Waals surface area contributed by atoms with Gasteiger partial charge in [-0.1, -0.05) is 37.6 Å². The highest BCUT2D eigenvalue weighted by molar-refractivity contribution is 5.69. The molecular formula is C27H36N2O8. The smallest absolute Gasteiger partial charge is 0.317 e. The second-order valence-electron chi connectivity index (χ2n) is 9.13. The number of unbranched alkanes of at least 4 members (excludes halogenated alkanes) is 1. The number of carbonyl (C=O) groups is 3. The maximum absolute atomic E-state index is 11.5. The molecule has 0 amide bonds. The monoisotopic (exact) mass is 516 g/mol. The van der Waals surface area contributed by atoms with Crippen molar-refractivity contribution < 1.29 is 39.9 Å². The average Bonchev–Trinajstić information content (AvgIpc) is 2.82. The van der Waals surface area contributed by atoms with Crippen LogP contribution in [-0.2, 0) is 40.3 Å². The molecule has 2 rings (SSSR count). The normalized spacial score (nSPS) is 11.2. The van der Waals surface area contributed by atoms with Gasteiger partial charge >= 0.3 is 17.9 Å². The molecule has 0 bridgehead atoms. The van der Waals surface area contributed by atoms with Gasteiger partial charge in [0.05, 0.1) is 13.1 Å². The summed E-state index contributed by atoms with van der Waals surface area (Å²) in [6, 6.07) is 10.1. The second-order valence-corrected chi connectivity index (χ2v) is 9.13. The first-order valence-corrected chi connectivity index (χ1v) is 12.3. The number of aryl methyl sites for hydroxylation is 2. The van der Waals surface area contributed by atoms with E-state index in [0.29, 0.717) is 16.7 Å². The number of carboxylic acid groups (broad SMARTS) is 3. The van der Waals surface area contributed by atoms with Gasteiger partial charge in [-0.05, 0) is 42.5 Å². The van der Waals surface area contributed by atoms with E-state index in [2.05, 4.69) is 6.92 Å². The molecule has 5 N–H and O–H groups in total. The van der Waals surface area contributed by atoms with Gasteiger partial charge in [0.25, 0.3) is 0 Å². The fourth-order valence-corrected chi connectivity index (χ4v) is 4.05. The zero-order valence-electron chi connectivity index (χ0n) is 21.1. The van der Waals surface area contributed by atoms with Crippen LogP contribution in [0.2, 0.25) is 0 Å². The molecule has 0 aliphatic rings. The zero-order valence-corrected chi connectivity index (χ0v) is 21.1. The Morgan fingerprint density at radius 3 is 1.57 bits per heavy atom. The molecular weight excluding hydrogens is 480 g/mol. The van der Waals surface area contributed by atoms with E-state index >= 15 is 0 Å². The van der Waals surface area contributed by atoms with Crippen molar-refractivity contribution in [2.75, 3.05) is 26.2 Å². The molecule has 2 aromatic rings. The van der Waals surface area contributed by atoms with Gasteiger partial charge in [0.2, 0.25) is 0 Å². The zero-order chi connectivity index (χ0) is 27.4. The van der Waals surface area contributed by atoms with Gasteiger partial charge in [-0.25, -0.2) is 0 Å². The molecule has 0 spiro atoms. The van der Waals surface area contributed by atoms with E-state index in [0.717, 1.165) is 24.8 Å². The van der Waals surface area contributed by atoms with E-state index < -0.39 is 17.9 Å². The molecule has 0 atom stereocenters. The van der Waals surface area contributed by atoms with Crippen LogP contribution in [0.3, 0.4) is 0 Å². The number of nitrogens with zero attached hydrogens (tertiary/aromatic N) is 2. The predicted molar refractivity (Wildman–Crippen MR) is 137 cm³/mol. The Kier molecular flexibility index (Phi) is 11.9. The molecule has 0 radical (unpaired) electrons. The highest BCUT2D eigenvalue weighted by Crippen LogP contribution is 2.23. The van der Waals surface area contributed by atoms with Crippen LogP contribution in [0.25, 0.3) is 0 Å². The van der Waals surface area contributed by atoms with E-state index in [1.54, 1.807) is 28.0 Å². The number of phenolic OH excluding ortho intramolecular Hbond substituents is 2. The Bertz CT molecular complexity index is 1070. The van der Waals surface area contributed by atoms with Crippen molar-refractivity contribution in [2.24, 2.45) is 0 Å². The van der Waals surface area contributed by atoms with Crippen LogP contribution in [0.4, 0.5) is 0 Å². The minimum Gasteiger partial charge on any atom is -0.508 e. The first-order chi connectivity index (χ1) is 17.6. The number of hydrogen-bond acceptors (Lipinski definition) is 7. The van der Waals surface area contributed by atoms with Crippen molar-refractivity contribution in [3.05, 3.63) is 58.7 Å². The van der Waals surface area contributed by atoms with Gasteiger partial charge < -0.3 is 25.5 Å². The third-order valence-electron chi connectivity index (χ3n) is 5.97. The summed E-state index contributed by atoms with van der Waals surface area (Å²) in [5, 5.41) is 48.4. The standard InChI is InChI=1S/C27H36N2O8/c1-2-3-4-19-5-8-23(30)21(13-19)15-28(17-26(34)35)11-12-29(18-27(36)37)16-22-14-20(6-9-24(22)31)7-10-25(32)33/h5-6,8-9,13-14,30-31H,2-4,7,10-12,15-18H2,1H3,(H,32,33)(H,34,35)(H,36,37). The van der Waals surface area contributed by atoms with Crippen LogP contribution in [0, 0.1) is 0 Å². The minimum absolute atomic E-state index is 0.0364. The Balaban J connectivity index is 2.16. The van der Waals surface area contributed by atoms with Gasteiger partial charge in [0.15, 0.2) is 0 Å². The molecule has 0 saturated heterocycles. The van der Waals surface area contributed by atoms with E-state index in [-0.39, 0.29) is 63.6 Å². The lowest BCUT2D eigenvalue weighted by Crippen LogP contribution is -2.39. The Labute approximate surface area is 216 Å². The van der Waals surface area contributed by atoms with E-state index in [9.17, 15) is 34.8 Å². The van der Waals surface area contributed by atoms with Gasteiger partial charge in [0.1, 0.15) is 11.5 Å². The number of carboxylic acids is 3. The summed E-state index contributed by atoms with van der Waals surface area (Å²) in [6.07, 6.45) is 3.08. The summed E-state index contributed by atoms with van der Waals surface area (Å²) in [5.41, 5.74) is 2.81. The molecule has 10 heteroatoms. The third kappa shape index (κ3) is 10.9. The minimum atomic E-state index is -1.08. The second kappa shape index (κ2) is 14.8. The molecule has 0 fully saturated rings. The number of aliphatic carboxylic acids is 3. The fourth-order valence-electron chi connectivity index (χ4n) is 4.05. The quantitative estimate of drug-likeness (QED) is 0.212. The highest BCUT2D eigenvalue weighted by Gasteiger charge is 2.18. The maximum Gasteiger partial charge on any atom is 0.317 e. The van der Waals surface area contributed by atoms with Gasteiger partial charge in [-0.2, -0.15) is 0 Å². The van der Waals surface area contributed by atoms with E-state index in [4.69, 9.17) is 5.11 Å². The lowest BCUT2D eigenvalue weighted by Gasteiger charge is -2.26. The Morgan fingerprint density at radius 2 is 1.16 bits per heavy atom. The van der Waals surface area contributed by atoms with Crippen molar-refractivity contribution in [3.63, 3.8) is 0 Å². The van der Waals surface area contributed by atoms with Crippen molar-refractivity contribution >= 4 is 17.9 Å².